The number of nitrogens with one attached hydrogen (secondary N) is 1. The van der Waals surface area contributed by atoms with Gasteiger partial charge in [0.1, 0.15) is 0 Å². The van der Waals surface area contributed by atoms with Crippen LogP contribution in [0.25, 0.3) is 0 Å². The van der Waals surface area contributed by atoms with E-state index in [2.05, 4.69) is 5.32 Å². The van der Waals surface area contributed by atoms with Crippen LogP contribution in [0.4, 0.5) is 4.39 Å². The van der Waals surface area contributed by atoms with Crippen molar-refractivity contribution in [2.75, 3.05) is 13.7 Å². The fourth-order valence-electron chi connectivity index (χ4n) is 2.53. The summed E-state index contributed by atoms with van der Waals surface area (Å²) in [6, 6.07) is 5.07. The van der Waals surface area contributed by atoms with E-state index in [1.165, 1.54) is 26.0 Å². The molecule has 0 saturated heterocycles. The number of methoxy groups -OCH3 is 1. The Morgan fingerprint density at radius 3 is 2.72 bits per heavy atom. The van der Waals surface area contributed by atoms with Crippen molar-refractivity contribution < 1.29 is 14.2 Å². The lowest BCUT2D eigenvalue weighted by molar-refractivity contribution is 0.232. The van der Waals surface area contributed by atoms with Gasteiger partial charge in [-0.25, -0.2) is 4.39 Å². The molecule has 1 aromatic carbocycles. The third-order valence-electron chi connectivity index (χ3n) is 3.55. The van der Waals surface area contributed by atoms with Crippen LogP contribution < -0.4 is 10.1 Å². The van der Waals surface area contributed by atoms with Crippen molar-refractivity contribution in [1.82, 2.24) is 5.32 Å². The molecule has 1 unspecified atom stereocenters. The maximum atomic E-state index is 13.6. The van der Waals surface area contributed by atoms with Crippen LogP contribution in [0.5, 0.6) is 5.75 Å². The first-order valence-corrected chi connectivity index (χ1v) is 6.45. The molecule has 1 fully saturated rings. The Labute approximate surface area is 107 Å². The van der Waals surface area contributed by atoms with Gasteiger partial charge in [0, 0.05) is 6.04 Å². The standard InChI is InChI=1S/C14H20FNO2/c1-18-14-7-6-10(8-12(14)15)13(9-17)16-11-4-2-3-5-11/h6-8,11,13,16-17H,2-5,9H2,1H3. The summed E-state index contributed by atoms with van der Waals surface area (Å²) in [6.45, 7) is -0.0255. The molecule has 1 aromatic rings. The van der Waals surface area contributed by atoms with Crippen LogP contribution in [-0.4, -0.2) is 24.9 Å². The zero-order valence-corrected chi connectivity index (χ0v) is 10.7. The summed E-state index contributed by atoms with van der Waals surface area (Å²) in [6.07, 6.45) is 4.73. The minimum atomic E-state index is -0.387. The lowest BCUT2D eigenvalue weighted by Gasteiger charge is -2.21. The highest BCUT2D eigenvalue weighted by molar-refractivity contribution is 5.31. The highest BCUT2D eigenvalue weighted by Gasteiger charge is 2.20. The van der Waals surface area contributed by atoms with Crippen LogP contribution in [0.1, 0.15) is 37.3 Å². The topological polar surface area (TPSA) is 41.5 Å². The molecule has 4 heteroatoms. The summed E-state index contributed by atoms with van der Waals surface area (Å²) in [4.78, 5) is 0. The molecule has 0 amide bonds. The lowest BCUT2D eigenvalue weighted by Crippen LogP contribution is -2.32. The maximum Gasteiger partial charge on any atom is 0.165 e. The summed E-state index contributed by atoms with van der Waals surface area (Å²) < 4.78 is 18.5. The van der Waals surface area contributed by atoms with Crippen LogP contribution in [0.3, 0.4) is 0 Å². The lowest BCUT2D eigenvalue weighted by atomic mass is 10.1. The second kappa shape index (κ2) is 6.16. The van der Waals surface area contributed by atoms with E-state index in [1.54, 1.807) is 12.1 Å². The van der Waals surface area contributed by atoms with Crippen LogP contribution in [0.15, 0.2) is 18.2 Å². The summed E-state index contributed by atoms with van der Waals surface area (Å²) in [5, 5.41) is 12.8. The zero-order valence-electron chi connectivity index (χ0n) is 10.7. The van der Waals surface area contributed by atoms with Crippen molar-refractivity contribution in [3.8, 4) is 5.75 Å². The Morgan fingerprint density at radius 2 is 2.17 bits per heavy atom. The predicted octanol–water partition coefficient (Wildman–Crippen LogP) is 2.40. The van der Waals surface area contributed by atoms with Gasteiger partial charge in [-0.05, 0) is 30.5 Å². The number of hydrogen-bond donors (Lipinski definition) is 2. The SMILES string of the molecule is COc1ccc(C(CO)NC2CCCC2)cc1F. The van der Waals surface area contributed by atoms with Gasteiger partial charge in [-0.1, -0.05) is 18.9 Å². The molecule has 0 spiro atoms. The van der Waals surface area contributed by atoms with Crippen LogP contribution in [0.2, 0.25) is 0 Å². The molecule has 2 N–H and O–H groups in total. The third-order valence-corrected chi connectivity index (χ3v) is 3.55. The van der Waals surface area contributed by atoms with Crippen LogP contribution in [0, 0.1) is 5.82 Å². The van der Waals surface area contributed by atoms with E-state index in [1.807, 2.05) is 0 Å². The average Bonchev–Trinajstić information content (AvgIpc) is 2.88. The number of aliphatic hydroxyl groups excluding tert-OH is 1. The molecule has 2 rings (SSSR count). The highest BCUT2D eigenvalue weighted by atomic mass is 19.1. The summed E-state index contributed by atoms with van der Waals surface area (Å²) in [7, 11) is 1.44. The predicted molar refractivity (Wildman–Crippen MR) is 68.2 cm³/mol. The van der Waals surface area contributed by atoms with E-state index in [0.717, 1.165) is 18.4 Å². The molecule has 0 bridgehead atoms. The Balaban J connectivity index is 2.08. The van der Waals surface area contributed by atoms with Crippen molar-refractivity contribution in [3.05, 3.63) is 29.6 Å². The van der Waals surface area contributed by atoms with E-state index in [-0.39, 0.29) is 24.2 Å². The number of ether oxygens (including phenoxy) is 1. The second-order valence-electron chi connectivity index (χ2n) is 4.78. The Bertz CT molecular complexity index is 391. The van der Waals surface area contributed by atoms with Crippen molar-refractivity contribution >= 4 is 0 Å². The molecule has 1 atom stereocenters. The van der Waals surface area contributed by atoms with Gasteiger partial charge in [0.15, 0.2) is 11.6 Å². The molecule has 0 aromatic heterocycles. The third kappa shape index (κ3) is 3.00. The van der Waals surface area contributed by atoms with Crippen molar-refractivity contribution in [2.24, 2.45) is 0 Å². The van der Waals surface area contributed by atoms with Gasteiger partial charge >= 0.3 is 0 Å². The van der Waals surface area contributed by atoms with Gasteiger partial charge in [0.2, 0.25) is 0 Å². The summed E-state index contributed by atoms with van der Waals surface area (Å²) in [5.74, 6) is -0.155. The zero-order chi connectivity index (χ0) is 13.0. The molecule has 100 valence electrons. The first-order chi connectivity index (χ1) is 8.74. The minimum Gasteiger partial charge on any atom is -0.494 e. The van der Waals surface area contributed by atoms with Gasteiger partial charge in [0.05, 0.1) is 19.8 Å². The average molecular weight is 253 g/mol. The first kappa shape index (κ1) is 13.3. The number of halogens is 1. The summed E-state index contributed by atoms with van der Waals surface area (Å²) in [5.41, 5.74) is 0.766. The fraction of sp³-hybridized carbons (Fsp3) is 0.571. The van der Waals surface area contributed by atoms with Crippen molar-refractivity contribution in [3.63, 3.8) is 0 Å². The number of rotatable bonds is 5. The van der Waals surface area contributed by atoms with Crippen LogP contribution in [-0.2, 0) is 0 Å². The molecule has 1 aliphatic carbocycles. The van der Waals surface area contributed by atoms with E-state index >= 15 is 0 Å². The van der Waals surface area contributed by atoms with Crippen molar-refractivity contribution in [2.45, 2.75) is 37.8 Å². The molecule has 0 aliphatic heterocycles. The normalized spacial score (nSPS) is 17.9. The molecule has 0 heterocycles. The van der Waals surface area contributed by atoms with Crippen LogP contribution >= 0.6 is 0 Å². The molecular formula is C14H20FNO2. The first-order valence-electron chi connectivity index (χ1n) is 6.45. The van der Waals surface area contributed by atoms with Gasteiger partial charge in [-0.15, -0.1) is 0 Å². The smallest absolute Gasteiger partial charge is 0.165 e. The molecular weight excluding hydrogens is 233 g/mol. The van der Waals surface area contributed by atoms with E-state index in [0.29, 0.717) is 6.04 Å². The maximum absolute atomic E-state index is 13.6. The number of aliphatic hydroxyl groups is 1. The Hall–Kier alpha value is -1.13. The molecule has 1 saturated carbocycles. The second-order valence-corrected chi connectivity index (χ2v) is 4.78. The Kier molecular flexibility index (Phi) is 4.55. The highest BCUT2D eigenvalue weighted by Crippen LogP contribution is 2.25. The Morgan fingerprint density at radius 1 is 1.44 bits per heavy atom. The van der Waals surface area contributed by atoms with Gasteiger partial charge in [0.25, 0.3) is 0 Å². The largest absolute Gasteiger partial charge is 0.494 e. The quantitative estimate of drug-likeness (QED) is 0.846. The number of benzene rings is 1. The minimum absolute atomic E-state index is 0.0255. The van der Waals surface area contributed by atoms with E-state index in [9.17, 15) is 9.50 Å². The molecule has 0 radical (unpaired) electrons. The summed E-state index contributed by atoms with van der Waals surface area (Å²) >= 11 is 0. The van der Waals surface area contributed by atoms with Gasteiger partial charge < -0.3 is 15.2 Å². The van der Waals surface area contributed by atoms with Gasteiger partial charge in [-0.3, -0.25) is 0 Å². The molecule has 18 heavy (non-hydrogen) atoms. The fourth-order valence-corrected chi connectivity index (χ4v) is 2.53. The van der Waals surface area contributed by atoms with Gasteiger partial charge in [-0.2, -0.15) is 0 Å². The number of hydrogen-bond acceptors (Lipinski definition) is 3. The molecule has 3 nitrogen and oxygen atoms in total. The monoisotopic (exact) mass is 253 g/mol. The molecule has 1 aliphatic rings. The van der Waals surface area contributed by atoms with E-state index < -0.39 is 0 Å². The van der Waals surface area contributed by atoms with Crippen molar-refractivity contribution in [1.29, 1.82) is 0 Å². The van der Waals surface area contributed by atoms with E-state index in [4.69, 9.17) is 4.74 Å².